The number of hydrogen-bond acceptors (Lipinski definition) is 5. The highest BCUT2D eigenvalue weighted by atomic mass is 32.1. The zero-order valence-electron chi connectivity index (χ0n) is 14.8. The van der Waals surface area contributed by atoms with Gasteiger partial charge in [-0.15, -0.1) is 11.3 Å². The number of rotatable bonds is 3. The first kappa shape index (κ1) is 16.8. The normalized spacial score (nSPS) is 20.3. The molecule has 4 amide bonds. The van der Waals surface area contributed by atoms with E-state index < -0.39 is 0 Å². The number of anilines is 2. The van der Waals surface area contributed by atoms with Gasteiger partial charge in [0.1, 0.15) is 0 Å². The van der Waals surface area contributed by atoms with Crippen LogP contribution in [0.3, 0.4) is 0 Å². The molecule has 0 saturated carbocycles. The monoisotopic (exact) mass is 375 g/mol. The Bertz CT molecular complexity index is 832. The number of amides is 4. The second kappa shape index (κ2) is 6.60. The summed E-state index contributed by atoms with van der Waals surface area (Å²) in [4.78, 5) is 34.9. The highest BCUT2D eigenvalue weighted by Gasteiger charge is 2.31. The van der Waals surface area contributed by atoms with Gasteiger partial charge in [-0.05, 0) is 13.3 Å². The molecule has 2 aromatic heterocycles. The van der Waals surface area contributed by atoms with E-state index in [1.165, 1.54) is 11.3 Å². The molecule has 138 valence electrons. The summed E-state index contributed by atoms with van der Waals surface area (Å²) in [5.74, 6) is 0. The fourth-order valence-electron chi connectivity index (χ4n) is 3.28. The first-order valence-electron chi connectivity index (χ1n) is 8.56. The maximum atomic E-state index is 12.4. The van der Waals surface area contributed by atoms with Crippen LogP contribution in [0.1, 0.15) is 17.3 Å². The molecule has 4 heterocycles. The Kier molecular flexibility index (Phi) is 4.27. The van der Waals surface area contributed by atoms with Gasteiger partial charge in [-0.2, -0.15) is 5.10 Å². The summed E-state index contributed by atoms with van der Waals surface area (Å²) in [5.41, 5.74) is 0.806. The van der Waals surface area contributed by atoms with Crippen LogP contribution < -0.4 is 10.2 Å². The lowest BCUT2D eigenvalue weighted by Gasteiger charge is -2.16. The molecule has 2 fully saturated rings. The highest BCUT2D eigenvalue weighted by Crippen LogP contribution is 2.26. The highest BCUT2D eigenvalue weighted by molar-refractivity contribution is 7.15. The second-order valence-corrected chi connectivity index (χ2v) is 7.86. The predicted molar refractivity (Wildman–Crippen MR) is 98.7 cm³/mol. The van der Waals surface area contributed by atoms with Crippen molar-refractivity contribution in [2.45, 2.75) is 19.4 Å². The summed E-state index contributed by atoms with van der Waals surface area (Å²) in [7, 11) is 1.80. The number of carbonyl (C=O) groups is 2. The standard InChI is InChI=1S/C16H21N7O2S/c1-11-7-17-14(26-11)19-15(24)21-4-3-12(9-21)23-10-13(8-18-23)22-6-5-20(2)16(22)25/h7-8,10,12H,3-6,9H2,1-2H3,(H,17,19,24). The number of aromatic nitrogens is 3. The van der Waals surface area contributed by atoms with Crippen molar-refractivity contribution in [3.8, 4) is 0 Å². The number of nitrogens with zero attached hydrogens (tertiary/aromatic N) is 6. The van der Waals surface area contributed by atoms with E-state index in [2.05, 4.69) is 15.4 Å². The Balaban J connectivity index is 1.38. The molecule has 2 aromatic rings. The molecule has 1 unspecified atom stereocenters. The Morgan fingerprint density at radius 1 is 1.31 bits per heavy atom. The number of likely N-dealkylation sites (N-methyl/N-ethyl adjacent to an activating group) is 1. The number of urea groups is 2. The van der Waals surface area contributed by atoms with E-state index in [4.69, 9.17) is 0 Å². The molecule has 1 N–H and O–H groups in total. The van der Waals surface area contributed by atoms with Crippen LogP contribution in [-0.4, -0.2) is 69.9 Å². The van der Waals surface area contributed by atoms with E-state index in [9.17, 15) is 9.59 Å². The van der Waals surface area contributed by atoms with Gasteiger partial charge in [0.05, 0.1) is 17.9 Å². The minimum Gasteiger partial charge on any atom is -0.326 e. The van der Waals surface area contributed by atoms with Crippen molar-refractivity contribution in [2.24, 2.45) is 0 Å². The third kappa shape index (κ3) is 3.12. The van der Waals surface area contributed by atoms with Crippen LogP contribution in [0, 0.1) is 6.92 Å². The summed E-state index contributed by atoms with van der Waals surface area (Å²) < 4.78 is 1.86. The van der Waals surface area contributed by atoms with Gasteiger partial charge >= 0.3 is 12.1 Å². The molecule has 26 heavy (non-hydrogen) atoms. The third-order valence-corrected chi connectivity index (χ3v) is 5.60. The molecule has 9 nitrogen and oxygen atoms in total. The number of carbonyl (C=O) groups excluding carboxylic acids is 2. The topological polar surface area (TPSA) is 86.6 Å². The molecule has 2 aliphatic rings. The van der Waals surface area contributed by atoms with E-state index in [0.717, 1.165) is 23.5 Å². The molecule has 0 spiro atoms. The fourth-order valence-corrected chi connectivity index (χ4v) is 3.93. The molecule has 4 rings (SSSR count). The maximum Gasteiger partial charge on any atom is 0.324 e. The van der Waals surface area contributed by atoms with Crippen LogP contribution in [0.5, 0.6) is 0 Å². The number of hydrogen-bond donors (Lipinski definition) is 1. The summed E-state index contributed by atoms with van der Waals surface area (Å²) in [6, 6.07) is -0.0238. The predicted octanol–water partition coefficient (Wildman–Crippen LogP) is 2.00. The Labute approximate surface area is 155 Å². The lowest BCUT2D eigenvalue weighted by Crippen LogP contribution is -2.33. The zero-order chi connectivity index (χ0) is 18.3. The van der Waals surface area contributed by atoms with Crippen LogP contribution >= 0.6 is 11.3 Å². The van der Waals surface area contributed by atoms with Gasteiger partial charge in [0.15, 0.2) is 5.13 Å². The van der Waals surface area contributed by atoms with Crippen molar-refractivity contribution in [3.05, 3.63) is 23.5 Å². The first-order chi connectivity index (χ1) is 12.5. The van der Waals surface area contributed by atoms with Crippen LogP contribution in [0.15, 0.2) is 18.6 Å². The third-order valence-electron chi connectivity index (χ3n) is 4.78. The van der Waals surface area contributed by atoms with E-state index in [-0.39, 0.29) is 18.1 Å². The van der Waals surface area contributed by atoms with Gasteiger partial charge in [0, 0.05) is 50.5 Å². The molecule has 0 radical (unpaired) electrons. The average Bonchev–Trinajstić information content (AvgIpc) is 3.36. The molecule has 1 atom stereocenters. The average molecular weight is 375 g/mol. The SMILES string of the molecule is Cc1cnc(NC(=O)N2CCC(n3cc(N4CCN(C)C4=O)cn3)C2)s1. The molecule has 0 aliphatic carbocycles. The van der Waals surface area contributed by atoms with Crippen molar-refractivity contribution in [1.82, 2.24) is 24.6 Å². The molecular formula is C16H21N7O2S. The van der Waals surface area contributed by atoms with Gasteiger partial charge in [0.25, 0.3) is 0 Å². The summed E-state index contributed by atoms with van der Waals surface area (Å²) in [6.45, 7) is 4.61. The van der Waals surface area contributed by atoms with Gasteiger partial charge in [-0.1, -0.05) is 0 Å². The summed E-state index contributed by atoms with van der Waals surface area (Å²) >= 11 is 1.46. The lowest BCUT2D eigenvalue weighted by atomic mass is 10.3. The molecule has 2 aliphatic heterocycles. The van der Waals surface area contributed by atoms with Crippen molar-refractivity contribution in [3.63, 3.8) is 0 Å². The van der Waals surface area contributed by atoms with Gasteiger partial charge in [-0.3, -0.25) is 14.9 Å². The first-order valence-corrected chi connectivity index (χ1v) is 9.38. The van der Waals surface area contributed by atoms with Crippen molar-refractivity contribution >= 4 is 34.2 Å². The Hall–Kier alpha value is -2.62. The number of aryl methyl sites for hydroxylation is 1. The number of thiazole rings is 1. The van der Waals surface area contributed by atoms with E-state index in [0.29, 0.717) is 24.8 Å². The molecule has 0 aromatic carbocycles. The van der Waals surface area contributed by atoms with Crippen molar-refractivity contribution in [1.29, 1.82) is 0 Å². The summed E-state index contributed by atoms with van der Waals surface area (Å²) in [6.07, 6.45) is 6.19. The fraction of sp³-hybridized carbons (Fsp3) is 0.500. The van der Waals surface area contributed by atoms with Crippen molar-refractivity contribution < 1.29 is 9.59 Å². The van der Waals surface area contributed by atoms with E-state index in [1.54, 1.807) is 34.1 Å². The quantitative estimate of drug-likeness (QED) is 0.889. The molecular weight excluding hydrogens is 354 g/mol. The Morgan fingerprint density at radius 3 is 2.85 bits per heavy atom. The summed E-state index contributed by atoms with van der Waals surface area (Å²) in [5, 5.41) is 7.88. The molecule has 10 heteroatoms. The molecule has 0 bridgehead atoms. The van der Waals surface area contributed by atoms with Crippen LogP contribution in [0.4, 0.5) is 20.4 Å². The Morgan fingerprint density at radius 2 is 2.15 bits per heavy atom. The molecule has 2 saturated heterocycles. The van der Waals surface area contributed by atoms with E-state index in [1.807, 2.05) is 17.8 Å². The smallest absolute Gasteiger partial charge is 0.324 e. The minimum absolute atomic E-state index is 0.00397. The van der Waals surface area contributed by atoms with Gasteiger partial charge < -0.3 is 9.80 Å². The number of nitrogens with one attached hydrogen (secondary N) is 1. The van der Waals surface area contributed by atoms with Gasteiger partial charge in [0.2, 0.25) is 0 Å². The van der Waals surface area contributed by atoms with Crippen LogP contribution in [0.2, 0.25) is 0 Å². The van der Waals surface area contributed by atoms with Gasteiger partial charge in [-0.25, -0.2) is 14.6 Å². The van der Waals surface area contributed by atoms with Crippen LogP contribution in [0.25, 0.3) is 0 Å². The maximum absolute atomic E-state index is 12.4. The number of likely N-dealkylation sites (tertiary alicyclic amines) is 1. The minimum atomic E-state index is -0.134. The van der Waals surface area contributed by atoms with Crippen LogP contribution in [-0.2, 0) is 0 Å². The van der Waals surface area contributed by atoms with Crippen molar-refractivity contribution in [2.75, 3.05) is 43.4 Å². The zero-order valence-corrected chi connectivity index (χ0v) is 15.6. The lowest BCUT2D eigenvalue weighted by molar-refractivity contribution is 0.220. The second-order valence-electron chi connectivity index (χ2n) is 6.63. The largest absolute Gasteiger partial charge is 0.326 e. The van der Waals surface area contributed by atoms with E-state index >= 15 is 0 Å².